The predicted octanol–water partition coefficient (Wildman–Crippen LogP) is 3.58. The summed E-state index contributed by atoms with van der Waals surface area (Å²) in [6.45, 7) is 6.33. The van der Waals surface area contributed by atoms with Crippen molar-refractivity contribution in [3.8, 4) is 0 Å². The van der Waals surface area contributed by atoms with Crippen LogP contribution in [-0.4, -0.2) is 24.1 Å². The van der Waals surface area contributed by atoms with E-state index in [1.165, 1.54) is 0 Å². The van der Waals surface area contributed by atoms with Crippen LogP contribution in [0.3, 0.4) is 0 Å². The van der Waals surface area contributed by atoms with Gasteiger partial charge in [0.2, 0.25) is 0 Å². The van der Waals surface area contributed by atoms with Crippen LogP contribution in [0.5, 0.6) is 0 Å². The fraction of sp³-hybridized carbons (Fsp3) is 0.375. The average Bonchev–Trinajstić information content (AvgIpc) is 2.38. The molecule has 0 fully saturated rings. The van der Waals surface area contributed by atoms with Gasteiger partial charge in [0, 0.05) is 37.1 Å². The van der Waals surface area contributed by atoms with Gasteiger partial charge in [-0.1, -0.05) is 26.8 Å². The molecule has 20 heavy (non-hydrogen) atoms. The second-order valence-electron chi connectivity index (χ2n) is 6.09. The number of hydrogen-bond acceptors (Lipinski definition) is 4. The number of nitrogens with zero attached hydrogens (tertiary/aromatic N) is 3. The van der Waals surface area contributed by atoms with Gasteiger partial charge in [-0.15, -0.1) is 0 Å². The van der Waals surface area contributed by atoms with Gasteiger partial charge in [-0.05, 0) is 24.3 Å². The van der Waals surface area contributed by atoms with Crippen molar-refractivity contribution >= 4 is 17.2 Å². The first-order valence-electron chi connectivity index (χ1n) is 6.74. The van der Waals surface area contributed by atoms with Crippen molar-refractivity contribution in [2.75, 3.05) is 24.3 Å². The third-order valence-corrected chi connectivity index (χ3v) is 2.96. The van der Waals surface area contributed by atoms with Crippen molar-refractivity contribution in [1.29, 1.82) is 0 Å². The molecule has 0 saturated heterocycles. The topological polar surface area (TPSA) is 41.0 Å². The van der Waals surface area contributed by atoms with E-state index in [1.54, 1.807) is 6.20 Å². The van der Waals surface area contributed by atoms with Gasteiger partial charge in [0.25, 0.3) is 0 Å². The highest BCUT2D eigenvalue weighted by atomic mass is 15.1. The number of rotatable bonds is 3. The van der Waals surface area contributed by atoms with Crippen LogP contribution in [0, 0.1) is 0 Å². The van der Waals surface area contributed by atoms with Gasteiger partial charge in [-0.25, -0.2) is 9.97 Å². The first-order chi connectivity index (χ1) is 9.36. The van der Waals surface area contributed by atoms with E-state index in [9.17, 15) is 0 Å². The molecule has 106 valence electrons. The van der Waals surface area contributed by atoms with Crippen molar-refractivity contribution in [3.05, 3.63) is 42.4 Å². The van der Waals surface area contributed by atoms with Gasteiger partial charge in [0.05, 0.1) is 0 Å². The maximum atomic E-state index is 4.58. The molecular weight excluding hydrogens is 248 g/mol. The number of benzene rings is 1. The SMILES string of the molecule is CN(C)c1cccc(Nc2ccnc(C(C)(C)C)n2)c1. The molecule has 0 aliphatic carbocycles. The van der Waals surface area contributed by atoms with Crippen molar-refractivity contribution in [2.45, 2.75) is 26.2 Å². The van der Waals surface area contributed by atoms with E-state index >= 15 is 0 Å². The molecule has 0 unspecified atom stereocenters. The molecule has 4 heteroatoms. The summed E-state index contributed by atoms with van der Waals surface area (Å²) in [5, 5.41) is 3.33. The molecule has 0 bridgehead atoms. The third-order valence-electron chi connectivity index (χ3n) is 2.96. The summed E-state index contributed by atoms with van der Waals surface area (Å²) in [6.07, 6.45) is 1.80. The number of hydrogen-bond donors (Lipinski definition) is 1. The van der Waals surface area contributed by atoms with Crippen LogP contribution < -0.4 is 10.2 Å². The van der Waals surface area contributed by atoms with Gasteiger partial charge < -0.3 is 10.2 Å². The fourth-order valence-corrected chi connectivity index (χ4v) is 1.80. The summed E-state index contributed by atoms with van der Waals surface area (Å²) >= 11 is 0. The Morgan fingerprint density at radius 1 is 1.10 bits per heavy atom. The largest absolute Gasteiger partial charge is 0.378 e. The van der Waals surface area contributed by atoms with Crippen LogP contribution in [-0.2, 0) is 5.41 Å². The van der Waals surface area contributed by atoms with E-state index in [0.29, 0.717) is 0 Å². The molecule has 0 atom stereocenters. The van der Waals surface area contributed by atoms with Crippen LogP contribution in [0.15, 0.2) is 36.5 Å². The zero-order valence-corrected chi connectivity index (χ0v) is 12.8. The highest BCUT2D eigenvalue weighted by Gasteiger charge is 2.17. The normalized spacial score (nSPS) is 11.2. The maximum absolute atomic E-state index is 4.58. The molecule has 0 aliphatic heterocycles. The minimum atomic E-state index is -0.0524. The van der Waals surface area contributed by atoms with Crippen LogP contribution in [0.2, 0.25) is 0 Å². The quantitative estimate of drug-likeness (QED) is 0.925. The first kappa shape index (κ1) is 14.3. The van der Waals surface area contributed by atoms with E-state index < -0.39 is 0 Å². The lowest BCUT2D eigenvalue weighted by Crippen LogP contribution is -2.16. The summed E-state index contributed by atoms with van der Waals surface area (Å²) in [5.74, 6) is 1.66. The summed E-state index contributed by atoms with van der Waals surface area (Å²) < 4.78 is 0. The first-order valence-corrected chi connectivity index (χ1v) is 6.74. The molecule has 1 aromatic carbocycles. The Kier molecular flexibility index (Phi) is 3.93. The van der Waals surface area contributed by atoms with E-state index in [2.05, 4.69) is 53.1 Å². The zero-order valence-electron chi connectivity index (χ0n) is 12.8. The van der Waals surface area contributed by atoms with E-state index in [0.717, 1.165) is 23.0 Å². The molecule has 2 aromatic rings. The van der Waals surface area contributed by atoms with Crippen LogP contribution in [0.1, 0.15) is 26.6 Å². The Labute approximate surface area is 120 Å². The lowest BCUT2D eigenvalue weighted by molar-refractivity contribution is 0.546. The number of anilines is 3. The van der Waals surface area contributed by atoms with Gasteiger partial charge >= 0.3 is 0 Å². The molecular formula is C16H22N4. The molecule has 0 aliphatic rings. The molecule has 0 amide bonds. The maximum Gasteiger partial charge on any atom is 0.135 e. The predicted molar refractivity (Wildman–Crippen MR) is 84.8 cm³/mol. The second kappa shape index (κ2) is 5.49. The molecule has 0 saturated carbocycles. The van der Waals surface area contributed by atoms with Crippen molar-refractivity contribution in [1.82, 2.24) is 9.97 Å². The van der Waals surface area contributed by atoms with E-state index in [4.69, 9.17) is 0 Å². The van der Waals surface area contributed by atoms with E-state index in [1.807, 2.05) is 32.3 Å². The second-order valence-corrected chi connectivity index (χ2v) is 6.09. The average molecular weight is 270 g/mol. The fourth-order valence-electron chi connectivity index (χ4n) is 1.80. The lowest BCUT2D eigenvalue weighted by Gasteiger charge is -2.18. The van der Waals surface area contributed by atoms with Crippen molar-refractivity contribution < 1.29 is 0 Å². The minimum Gasteiger partial charge on any atom is -0.378 e. The molecule has 0 radical (unpaired) electrons. The number of aromatic nitrogens is 2. The summed E-state index contributed by atoms with van der Waals surface area (Å²) in [4.78, 5) is 11.0. The molecule has 1 N–H and O–H groups in total. The molecule has 1 aromatic heterocycles. The van der Waals surface area contributed by atoms with Gasteiger partial charge in [0.15, 0.2) is 0 Å². The minimum absolute atomic E-state index is 0.0524. The highest BCUT2D eigenvalue weighted by molar-refractivity contribution is 5.62. The summed E-state index contributed by atoms with van der Waals surface area (Å²) in [7, 11) is 4.06. The summed E-state index contributed by atoms with van der Waals surface area (Å²) in [6, 6.07) is 10.1. The number of nitrogens with one attached hydrogen (secondary N) is 1. The van der Waals surface area contributed by atoms with E-state index in [-0.39, 0.29) is 5.41 Å². The van der Waals surface area contributed by atoms with Gasteiger partial charge in [0.1, 0.15) is 11.6 Å². The Hall–Kier alpha value is -2.10. The Bertz CT molecular complexity index is 585. The molecule has 2 rings (SSSR count). The molecule has 4 nitrogen and oxygen atoms in total. The van der Waals surface area contributed by atoms with Crippen LogP contribution in [0.25, 0.3) is 0 Å². The Balaban J connectivity index is 2.24. The highest BCUT2D eigenvalue weighted by Crippen LogP contribution is 2.23. The Morgan fingerprint density at radius 2 is 1.85 bits per heavy atom. The van der Waals surface area contributed by atoms with Gasteiger partial charge in [-0.3, -0.25) is 0 Å². The summed E-state index contributed by atoms with van der Waals surface area (Å²) in [5.41, 5.74) is 2.12. The van der Waals surface area contributed by atoms with Crippen LogP contribution in [0.4, 0.5) is 17.2 Å². The van der Waals surface area contributed by atoms with Crippen LogP contribution >= 0.6 is 0 Å². The van der Waals surface area contributed by atoms with Crippen molar-refractivity contribution in [3.63, 3.8) is 0 Å². The lowest BCUT2D eigenvalue weighted by atomic mass is 9.96. The molecule has 0 spiro atoms. The molecule has 1 heterocycles. The standard InChI is InChI=1S/C16H22N4/c1-16(2,3)15-17-10-9-14(19-15)18-12-7-6-8-13(11-12)20(4)5/h6-11H,1-5H3,(H,17,18,19). The Morgan fingerprint density at radius 3 is 2.50 bits per heavy atom. The zero-order chi connectivity index (χ0) is 14.8. The third kappa shape index (κ3) is 3.47. The smallest absolute Gasteiger partial charge is 0.135 e. The van der Waals surface area contributed by atoms with Crippen molar-refractivity contribution in [2.24, 2.45) is 0 Å². The van der Waals surface area contributed by atoms with Gasteiger partial charge in [-0.2, -0.15) is 0 Å². The monoisotopic (exact) mass is 270 g/mol.